The van der Waals surface area contributed by atoms with Crippen LogP contribution < -0.4 is 5.32 Å². The van der Waals surface area contributed by atoms with Gasteiger partial charge in [-0.1, -0.05) is 0 Å². The van der Waals surface area contributed by atoms with Gasteiger partial charge >= 0.3 is 0 Å². The summed E-state index contributed by atoms with van der Waals surface area (Å²) in [6.45, 7) is 8.29. The normalized spacial score (nSPS) is 32.7. The second-order valence-corrected chi connectivity index (χ2v) is 6.23. The van der Waals surface area contributed by atoms with E-state index in [1.807, 2.05) is 0 Å². The molecular formula is C14H29N3O. The Morgan fingerprint density at radius 1 is 1.22 bits per heavy atom. The van der Waals surface area contributed by atoms with Crippen molar-refractivity contribution < 1.29 is 5.11 Å². The molecule has 106 valence electrons. The zero-order valence-corrected chi connectivity index (χ0v) is 12.1. The predicted octanol–water partition coefficient (Wildman–Crippen LogP) is 0.514. The topological polar surface area (TPSA) is 38.7 Å². The summed E-state index contributed by atoms with van der Waals surface area (Å²) < 4.78 is 0. The van der Waals surface area contributed by atoms with Gasteiger partial charge in [-0.15, -0.1) is 0 Å². The molecule has 0 radical (unpaired) electrons. The van der Waals surface area contributed by atoms with E-state index in [9.17, 15) is 5.11 Å². The standard InChI is InChI=1S/C14H29N3O/c1-11-8-17(9-12(2)16(11)3)7-6-14(10-18)15-13-4-5-13/h11-15,18H,4-10H2,1-3H3. The summed E-state index contributed by atoms with van der Waals surface area (Å²) >= 11 is 0. The van der Waals surface area contributed by atoms with E-state index in [0.29, 0.717) is 24.2 Å². The molecule has 0 aromatic carbocycles. The van der Waals surface area contributed by atoms with Crippen molar-refractivity contribution in [2.75, 3.05) is 33.3 Å². The van der Waals surface area contributed by atoms with E-state index in [1.165, 1.54) is 12.8 Å². The molecule has 0 aromatic rings. The van der Waals surface area contributed by atoms with Gasteiger partial charge in [-0.25, -0.2) is 0 Å². The van der Waals surface area contributed by atoms with Gasteiger partial charge in [-0.2, -0.15) is 0 Å². The van der Waals surface area contributed by atoms with Crippen LogP contribution in [0.2, 0.25) is 0 Å². The molecule has 1 heterocycles. The van der Waals surface area contributed by atoms with Crippen LogP contribution in [-0.2, 0) is 0 Å². The smallest absolute Gasteiger partial charge is 0.0585 e. The second-order valence-electron chi connectivity index (χ2n) is 6.23. The molecule has 2 N–H and O–H groups in total. The van der Waals surface area contributed by atoms with Gasteiger partial charge in [0.1, 0.15) is 0 Å². The molecule has 0 spiro atoms. The molecule has 3 unspecified atom stereocenters. The van der Waals surface area contributed by atoms with E-state index < -0.39 is 0 Å². The Kier molecular flexibility index (Phi) is 5.01. The zero-order chi connectivity index (χ0) is 13.1. The summed E-state index contributed by atoms with van der Waals surface area (Å²) in [6.07, 6.45) is 3.65. The summed E-state index contributed by atoms with van der Waals surface area (Å²) in [5.41, 5.74) is 0. The maximum absolute atomic E-state index is 9.39. The molecule has 0 bridgehead atoms. The van der Waals surface area contributed by atoms with Crippen LogP contribution >= 0.6 is 0 Å². The van der Waals surface area contributed by atoms with Crippen molar-refractivity contribution >= 4 is 0 Å². The number of hydrogen-bond donors (Lipinski definition) is 2. The molecule has 3 atom stereocenters. The van der Waals surface area contributed by atoms with Crippen molar-refractivity contribution in [3.63, 3.8) is 0 Å². The third kappa shape index (κ3) is 3.92. The number of piperazine rings is 1. The number of aliphatic hydroxyl groups excluding tert-OH is 1. The molecule has 0 aromatic heterocycles. The average Bonchev–Trinajstić information content (AvgIpc) is 3.15. The van der Waals surface area contributed by atoms with Crippen LogP contribution in [0, 0.1) is 0 Å². The highest BCUT2D eigenvalue weighted by molar-refractivity contribution is 4.86. The summed E-state index contributed by atoms with van der Waals surface area (Å²) in [7, 11) is 2.22. The van der Waals surface area contributed by atoms with Gasteiger partial charge < -0.3 is 15.3 Å². The molecule has 2 aliphatic rings. The highest BCUT2D eigenvalue weighted by atomic mass is 16.3. The molecule has 18 heavy (non-hydrogen) atoms. The summed E-state index contributed by atoms with van der Waals surface area (Å²) in [6, 6.07) is 2.26. The molecule has 1 saturated carbocycles. The van der Waals surface area contributed by atoms with E-state index in [-0.39, 0.29) is 6.61 Å². The molecule has 2 fully saturated rings. The lowest BCUT2D eigenvalue weighted by Gasteiger charge is -2.42. The Morgan fingerprint density at radius 2 is 1.83 bits per heavy atom. The maximum Gasteiger partial charge on any atom is 0.0585 e. The van der Waals surface area contributed by atoms with E-state index in [0.717, 1.165) is 26.1 Å². The monoisotopic (exact) mass is 255 g/mol. The number of rotatable bonds is 6. The molecule has 1 saturated heterocycles. The fraction of sp³-hybridized carbons (Fsp3) is 1.00. The van der Waals surface area contributed by atoms with Crippen molar-refractivity contribution in [2.45, 2.75) is 57.3 Å². The van der Waals surface area contributed by atoms with Crippen LogP contribution in [0.3, 0.4) is 0 Å². The van der Waals surface area contributed by atoms with Gasteiger partial charge in [0.15, 0.2) is 0 Å². The zero-order valence-electron chi connectivity index (χ0n) is 12.1. The van der Waals surface area contributed by atoms with Crippen molar-refractivity contribution in [3.8, 4) is 0 Å². The van der Waals surface area contributed by atoms with Gasteiger partial charge in [-0.3, -0.25) is 4.90 Å². The highest BCUT2D eigenvalue weighted by Crippen LogP contribution is 2.20. The first-order valence-corrected chi connectivity index (χ1v) is 7.41. The minimum absolute atomic E-state index is 0.273. The average molecular weight is 255 g/mol. The van der Waals surface area contributed by atoms with Crippen LogP contribution in [0.5, 0.6) is 0 Å². The fourth-order valence-electron chi connectivity index (χ4n) is 2.85. The summed E-state index contributed by atoms with van der Waals surface area (Å²) in [5, 5.41) is 12.9. The van der Waals surface area contributed by atoms with E-state index in [2.05, 4.69) is 36.0 Å². The Bertz CT molecular complexity index is 245. The third-order valence-corrected chi connectivity index (χ3v) is 4.50. The number of nitrogens with one attached hydrogen (secondary N) is 1. The predicted molar refractivity (Wildman–Crippen MR) is 74.8 cm³/mol. The minimum atomic E-state index is 0.273. The van der Waals surface area contributed by atoms with Crippen LogP contribution in [-0.4, -0.2) is 72.4 Å². The minimum Gasteiger partial charge on any atom is -0.395 e. The molecule has 1 aliphatic heterocycles. The van der Waals surface area contributed by atoms with Crippen LogP contribution in [0.4, 0.5) is 0 Å². The van der Waals surface area contributed by atoms with E-state index in [4.69, 9.17) is 0 Å². The van der Waals surface area contributed by atoms with Crippen molar-refractivity contribution in [3.05, 3.63) is 0 Å². The lowest BCUT2D eigenvalue weighted by atomic mass is 10.1. The maximum atomic E-state index is 9.39. The quantitative estimate of drug-likeness (QED) is 0.725. The molecule has 0 amide bonds. The van der Waals surface area contributed by atoms with Gasteiger partial charge in [-0.05, 0) is 46.7 Å². The number of nitrogens with zero attached hydrogens (tertiary/aromatic N) is 2. The lowest BCUT2D eigenvalue weighted by molar-refractivity contribution is 0.0561. The van der Waals surface area contributed by atoms with Gasteiger partial charge in [0, 0.05) is 37.3 Å². The highest BCUT2D eigenvalue weighted by Gasteiger charge is 2.28. The number of likely N-dealkylation sites (N-methyl/N-ethyl adjacent to an activating group) is 1. The first kappa shape index (κ1) is 14.3. The lowest BCUT2D eigenvalue weighted by Crippen LogP contribution is -2.55. The van der Waals surface area contributed by atoms with Crippen molar-refractivity contribution in [2.24, 2.45) is 0 Å². The van der Waals surface area contributed by atoms with Crippen molar-refractivity contribution in [1.29, 1.82) is 0 Å². The summed E-state index contributed by atoms with van der Waals surface area (Å²) in [5.74, 6) is 0. The summed E-state index contributed by atoms with van der Waals surface area (Å²) in [4.78, 5) is 5.01. The van der Waals surface area contributed by atoms with E-state index in [1.54, 1.807) is 0 Å². The Morgan fingerprint density at radius 3 is 2.33 bits per heavy atom. The molecule has 4 nitrogen and oxygen atoms in total. The third-order valence-electron chi connectivity index (χ3n) is 4.50. The van der Waals surface area contributed by atoms with Crippen molar-refractivity contribution in [1.82, 2.24) is 15.1 Å². The largest absolute Gasteiger partial charge is 0.395 e. The van der Waals surface area contributed by atoms with Gasteiger partial charge in [0.05, 0.1) is 6.61 Å². The second kappa shape index (κ2) is 6.33. The van der Waals surface area contributed by atoms with Gasteiger partial charge in [0.2, 0.25) is 0 Å². The van der Waals surface area contributed by atoms with Crippen LogP contribution in [0.15, 0.2) is 0 Å². The molecule has 1 aliphatic carbocycles. The molecular weight excluding hydrogens is 226 g/mol. The SMILES string of the molecule is CC1CN(CCC(CO)NC2CC2)CC(C)N1C. The Balaban J connectivity index is 1.71. The Hall–Kier alpha value is -0.160. The van der Waals surface area contributed by atoms with Crippen LogP contribution in [0.1, 0.15) is 33.1 Å². The first-order valence-electron chi connectivity index (χ1n) is 7.41. The van der Waals surface area contributed by atoms with E-state index >= 15 is 0 Å². The number of aliphatic hydroxyl groups is 1. The first-order chi connectivity index (χ1) is 8.60. The van der Waals surface area contributed by atoms with Gasteiger partial charge in [0.25, 0.3) is 0 Å². The molecule has 2 rings (SSSR count). The molecule has 4 heteroatoms. The Labute approximate surface area is 111 Å². The number of hydrogen-bond acceptors (Lipinski definition) is 4. The fourth-order valence-corrected chi connectivity index (χ4v) is 2.85. The van der Waals surface area contributed by atoms with Crippen LogP contribution in [0.25, 0.3) is 0 Å².